The minimum absolute atomic E-state index is 0.101. The largest absolute Gasteiger partial charge is 0.337 e. The van der Waals surface area contributed by atoms with Crippen LogP contribution in [0.4, 0.5) is 0 Å². The van der Waals surface area contributed by atoms with Gasteiger partial charge < -0.3 is 4.90 Å². The molecule has 0 saturated carbocycles. The minimum atomic E-state index is -0.103. The summed E-state index contributed by atoms with van der Waals surface area (Å²) < 4.78 is 1.54. The SMILES string of the molecule is CCn1cnc2sc(C(=O)N3CCC(=O)CC3)c(C)c2c1=O. The van der Waals surface area contributed by atoms with Gasteiger partial charge in [-0.3, -0.25) is 19.0 Å². The molecule has 22 heavy (non-hydrogen) atoms. The number of fused-ring (bicyclic) bond motifs is 1. The zero-order valence-electron chi connectivity index (χ0n) is 12.6. The van der Waals surface area contributed by atoms with Gasteiger partial charge in [-0.15, -0.1) is 11.3 Å². The highest BCUT2D eigenvalue weighted by atomic mass is 32.1. The van der Waals surface area contributed by atoms with Crippen LogP contribution in [0, 0.1) is 6.92 Å². The molecule has 1 amide bonds. The van der Waals surface area contributed by atoms with Crippen LogP contribution in [0.2, 0.25) is 0 Å². The second kappa shape index (κ2) is 5.64. The first-order valence-electron chi connectivity index (χ1n) is 7.32. The number of rotatable bonds is 2. The van der Waals surface area contributed by atoms with Gasteiger partial charge in [-0.05, 0) is 19.4 Å². The normalized spacial score (nSPS) is 15.5. The van der Waals surface area contributed by atoms with Crippen molar-refractivity contribution in [3.8, 4) is 0 Å². The maximum atomic E-state index is 12.7. The molecule has 0 radical (unpaired) electrons. The minimum Gasteiger partial charge on any atom is -0.337 e. The fourth-order valence-corrected chi connectivity index (χ4v) is 3.80. The van der Waals surface area contributed by atoms with Gasteiger partial charge in [-0.25, -0.2) is 4.98 Å². The summed E-state index contributed by atoms with van der Waals surface area (Å²) in [4.78, 5) is 43.5. The van der Waals surface area contributed by atoms with Crippen LogP contribution in [-0.4, -0.2) is 39.2 Å². The number of thiophene rings is 1. The fraction of sp³-hybridized carbons (Fsp3) is 0.467. The number of carbonyl (C=O) groups is 2. The number of hydrogen-bond acceptors (Lipinski definition) is 5. The summed E-state index contributed by atoms with van der Waals surface area (Å²) in [6, 6.07) is 0. The molecular formula is C15H17N3O3S. The van der Waals surface area contributed by atoms with Crippen molar-refractivity contribution in [3.63, 3.8) is 0 Å². The lowest BCUT2D eigenvalue weighted by Crippen LogP contribution is -2.38. The summed E-state index contributed by atoms with van der Waals surface area (Å²) in [6.45, 7) is 5.14. The predicted molar refractivity (Wildman–Crippen MR) is 84.4 cm³/mol. The summed E-state index contributed by atoms with van der Waals surface area (Å²) in [5, 5.41) is 0.533. The third kappa shape index (κ3) is 2.35. The number of aryl methyl sites for hydroxylation is 2. The van der Waals surface area contributed by atoms with E-state index in [1.165, 1.54) is 22.2 Å². The number of likely N-dealkylation sites (tertiary alicyclic amines) is 1. The monoisotopic (exact) mass is 319 g/mol. The highest BCUT2D eigenvalue weighted by Crippen LogP contribution is 2.28. The number of carbonyl (C=O) groups excluding carboxylic acids is 2. The molecule has 0 aliphatic carbocycles. The molecule has 1 saturated heterocycles. The van der Waals surface area contributed by atoms with Crippen molar-refractivity contribution in [2.75, 3.05) is 13.1 Å². The number of hydrogen-bond donors (Lipinski definition) is 0. The molecule has 0 bridgehead atoms. The molecule has 3 rings (SSSR count). The third-order valence-corrected chi connectivity index (χ3v) is 5.25. The first-order chi connectivity index (χ1) is 10.5. The molecule has 0 unspecified atom stereocenters. The van der Waals surface area contributed by atoms with Gasteiger partial charge in [0.15, 0.2) is 0 Å². The number of Topliss-reactive ketones (excluding diaryl/α,β-unsaturated/α-hetero) is 1. The van der Waals surface area contributed by atoms with Crippen molar-refractivity contribution >= 4 is 33.2 Å². The Labute approximate surface area is 131 Å². The molecule has 0 atom stereocenters. The lowest BCUT2D eigenvalue weighted by molar-refractivity contribution is -0.120. The first-order valence-corrected chi connectivity index (χ1v) is 8.14. The Balaban J connectivity index is 2.03. The van der Waals surface area contributed by atoms with Crippen molar-refractivity contribution in [2.45, 2.75) is 33.2 Å². The van der Waals surface area contributed by atoms with Crippen molar-refractivity contribution in [1.82, 2.24) is 14.5 Å². The number of ketones is 1. The summed E-state index contributed by atoms with van der Waals surface area (Å²) >= 11 is 1.26. The maximum Gasteiger partial charge on any atom is 0.264 e. The van der Waals surface area contributed by atoms with E-state index in [4.69, 9.17) is 0 Å². The Bertz CT molecular complexity index is 811. The molecule has 7 heteroatoms. The Morgan fingerprint density at radius 1 is 1.32 bits per heavy atom. The average Bonchev–Trinajstić information content (AvgIpc) is 2.85. The molecule has 0 N–H and O–H groups in total. The number of nitrogens with zero attached hydrogens (tertiary/aromatic N) is 3. The van der Waals surface area contributed by atoms with Crippen LogP contribution in [0.5, 0.6) is 0 Å². The molecule has 2 aromatic rings. The molecule has 0 spiro atoms. The molecule has 0 aromatic carbocycles. The van der Waals surface area contributed by atoms with Gasteiger partial charge in [-0.2, -0.15) is 0 Å². The topological polar surface area (TPSA) is 72.3 Å². The van der Waals surface area contributed by atoms with Crippen molar-refractivity contribution in [2.24, 2.45) is 0 Å². The van der Waals surface area contributed by atoms with Crippen LogP contribution in [0.25, 0.3) is 10.2 Å². The molecule has 6 nitrogen and oxygen atoms in total. The standard InChI is InChI=1S/C15H17N3O3S/c1-3-17-8-16-13-11(14(17)20)9(2)12(22-13)15(21)18-6-4-10(19)5-7-18/h8H,3-7H2,1-2H3. The summed E-state index contributed by atoms with van der Waals surface area (Å²) in [5.41, 5.74) is 0.594. The van der Waals surface area contributed by atoms with Crippen LogP contribution in [0.3, 0.4) is 0 Å². The van der Waals surface area contributed by atoms with Gasteiger partial charge in [0.1, 0.15) is 10.6 Å². The van der Waals surface area contributed by atoms with E-state index in [0.717, 1.165) is 0 Å². The molecule has 3 heterocycles. The van der Waals surface area contributed by atoms with Crippen LogP contribution in [0.15, 0.2) is 11.1 Å². The van der Waals surface area contributed by atoms with Crippen molar-refractivity contribution in [1.29, 1.82) is 0 Å². The second-order valence-electron chi connectivity index (χ2n) is 5.40. The molecular weight excluding hydrogens is 302 g/mol. The zero-order valence-corrected chi connectivity index (χ0v) is 13.4. The Hall–Kier alpha value is -2.02. The van der Waals surface area contributed by atoms with Crippen LogP contribution in [-0.2, 0) is 11.3 Å². The Morgan fingerprint density at radius 3 is 2.64 bits per heavy atom. The Kier molecular flexibility index (Phi) is 3.82. The second-order valence-corrected chi connectivity index (χ2v) is 6.40. The van der Waals surface area contributed by atoms with Crippen LogP contribution in [0.1, 0.15) is 35.0 Å². The van der Waals surface area contributed by atoms with Gasteiger partial charge in [0.2, 0.25) is 0 Å². The van der Waals surface area contributed by atoms with Crippen LogP contribution >= 0.6 is 11.3 Å². The summed E-state index contributed by atoms with van der Waals surface area (Å²) in [5.74, 6) is 0.0973. The lowest BCUT2D eigenvalue weighted by atomic mass is 10.1. The van der Waals surface area contributed by atoms with E-state index in [-0.39, 0.29) is 17.2 Å². The van der Waals surface area contributed by atoms with Gasteiger partial charge >= 0.3 is 0 Å². The van der Waals surface area contributed by atoms with Gasteiger partial charge in [-0.1, -0.05) is 0 Å². The fourth-order valence-electron chi connectivity index (χ4n) is 2.69. The first kappa shape index (κ1) is 14.9. The third-order valence-electron chi connectivity index (χ3n) is 4.06. The average molecular weight is 319 g/mol. The predicted octanol–water partition coefficient (Wildman–Crippen LogP) is 1.59. The summed E-state index contributed by atoms with van der Waals surface area (Å²) in [6.07, 6.45) is 2.35. The van der Waals surface area contributed by atoms with Crippen molar-refractivity contribution < 1.29 is 9.59 Å². The number of aromatic nitrogens is 2. The highest BCUT2D eigenvalue weighted by Gasteiger charge is 2.26. The van der Waals surface area contributed by atoms with E-state index in [0.29, 0.717) is 53.1 Å². The van der Waals surface area contributed by atoms with E-state index in [2.05, 4.69) is 4.98 Å². The van der Waals surface area contributed by atoms with Gasteiger partial charge in [0.05, 0.1) is 16.6 Å². The quantitative estimate of drug-likeness (QED) is 0.843. The zero-order chi connectivity index (χ0) is 15.9. The molecule has 1 fully saturated rings. The molecule has 116 valence electrons. The number of amides is 1. The number of piperidine rings is 1. The molecule has 2 aromatic heterocycles. The van der Waals surface area contributed by atoms with Crippen LogP contribution < -0.4 is 5.56 Å². The van der Waals surface area contributed by atoms with E-state index in [9.17, 15) is 14.4 Å². The molecule has 1 aliphatic rings. The van der Waals surface area contributed by atoms with E-state index in [1.54, 1.807) is 11.8 Å². The smallest absolute Gasteiger partial charge is 0.264 e. The summed E-state index contributed by atoms with van der Waals surface area (Å²) in [7, 11) is 0. The Morgan fingerprint density at radius 2 is 2.00 bits per heavy atom. The van der Waals surface area contributed by atoms with E-state index < -0.39 is 0 Å². The maximum absolute atomic E-state index is 12.7. The van der Waals surface area contributed by atoms with Crippen molar-refractivity contribution in [3.05, 3.63) is 27.1 Å². The molecule has 1 aliphatic heterocycles. The van der Waals surface area contributed by atoms with Gasteiger partial charge in [0, 0.05) is 32.5 Å². The van der Waals surface area contributed by atoms with E-state index in [1.807, 2.05) is 6.92 Å². The van der Waals surface area contributed by atoms with Gasteiger partial charge in [0.25, 0.3) is 11.5 Å². The highest BCUT2D eigenvalue weighted by molar-refractivity contribution is 7.20. The van der Waals surface area contributed by atoms with E-state index >= 15 is 0 Å². The lowest BCUT2D eigenvalue weighted by Gasteiger charge is -2.25.